The van der Waals surface area contributed by atoms with Crippen molar-refractivity contribution in [3.05, 3.63) is 417 Å². The minimum atomic E-state index is -3.62. The SMILES string of the molecule is C.Clc1ccc([C@@H]2CNCCN2c2ccc(Cl)cc2Cl)cc1.[C-]#[N+]c1ccc([C@@H](CC)N2CCN(c3ccc(Cl)cc3Cl)[C@H](c3ccc(Cl)cc3)C2)cc1.[C-]#[N+]c1ccc([C@@H](CO)N2CCN(c3ccc(Cl)cc3Cl)[C@H](c3ccc(Cl)cc3)C2)cc1.[C-]#[N+]c1ccc([C@@H](COC)N2CCN(c3ccc(Cl)cc3Cl)[C@H](c3ccc(Cl)cc3)C2)cc1.[C-]#[N+]c1ccc([C@H](CO[Si](C)(C)C(C)(C)C)OS(C)(=O)=O)cc1. The van der Waals surface area contributed by atoms with Gasteiger partial charge in [-0.3, -0.25) is 18.9 Å². The Morgan fingerprint density at radius 3 is 0.965 bits per heavy atom. The van der Waals surface area contributed by atoms with Crippen molar-refractivity contribution >= 4 is 203 Å². The van der Waals surface area contributed by atoms with Gasteiger partial charge < -0.3 is 39.2 Å². The second-order valence-corrected chi connectivity index (χ2v) is 47.4. The van der Waals surface area contributed by atoms with Gasteiger partial charge in [0.15, 0.2) is 31.1 Å². The molecule has 4 saturated heterocycles. The van der Waals surface area contributed by atoms with Gasteiger partial charge in [-0.2, -0.15) is 8.42 Å². The lowest BCUT2D eigenvalue weighted by Crippen LogP contribution is -2.50. The van der Waals surface area contributed by atoms with Crippen LogP contribution in [0.15, 0.2) is 267 Å². The zero-order chi connectivity index (χ0) is 101. The van der Waals surface area contributed by atoms with E-state index in [0.717, 1.165) is 140 Å². The van der Waals surface area contributed by atoms with Crippen LogP contribution in [0.1, 0.15) is 134 Å². The normalized spacial score (nSPS) is 17.2. The number of halogens is 12. The van der Waals surface area contributed by atoms with Crippen LogP contribution in [0, 0.1) is 26.3 Å². The summed E-state index contributed by atoms with van der Waals surface area (Å²) in [7, 11) is -3.91. The van der Waals surface area contributed by atoms with Crippen molar-refractivity contribution in [1.29, 1.82) is 0 Å². The molecular formula is C110H114Cl12N12O6SSi. The maximum atomic E-state index is 11.5. The van der Waals surface area contributed by atoms with E-state index in [1.807, 2.05) is 158 Å². The Morgan fingerprint density at radius 1 is 0.394 bits per heavy atom. The first-order chi connectivity index (χ1) is 67.5. The number of benzene rings is 12. The Morgan fingerprint density at radius 2 is 0.676 bits per heavy atom. The predicted octanol–water partition coefficient (Wildman–Crippen LogP) is 32.2. The molecule has 4 fully saturated rings. The fraction of sp³-hybridized carbons (Fsp3) is 0.309. The molecule has 0 bridgehead atoms. The zero-order valence-electron chi connectivity index (χ0n) is 79.2. The number of methoxy groups -OCH3 is 1. The second kappa shape index (κ2) is 53.5. The highest BCUT2D eigenvalue weighted by Gasteiger charge is 2.41. The van der Waals surface area contributed by atoms with Crippen molar-refractivity contribution < 1.29 is 26.9 Å². The highest BCUT2D eigenvalue weighted by Crippen LogP contribution is 2.46. The Kier molecular flexibility index (Phi) is 42.7. The summed E-state index contributed by atoms with van der Waals surface area (Å²) in [6.07, 6.45) is 1.31. The molecule has 12 aromatic rings. The van der Waals surface area contributed by atoms with E-state index in [1.54, 1.807) is 67.8 Å². The minimum absolute atomic E-state index is 0. The zero-order valence-corrected chi connectivity index (χ0v) is 90.1. The Hall–Kier alpha value is -8.87. The van der Waals surface area contributed by atoms with Gasteiger partial charge in [-0.15, -0.1) is 0 Å². The lowest BCUT2D eigenvalue weighted by Gasteiger charge is -2.46. The number of rotatable bonds is 24. The summed E-state index contributed by atoms with van der Waals surface area (Å²) in [5.74, 6) is 0. The molecule has 8 atom stereocenters. The van der Waals surface area contributed by atoms with Crippen molar-refractivity contribution in [3.8, 4) is 0 Å². The van der Waals surface area contributed by atoms with E-state index in [1.165, 1.54) is 16.7 Å². The van der Waals surface area contributed by atoms with Crippen molar-refractivity contribution in [1.82, 2.24) is 20.0 Å². The molecule has 12 aromatic carbocycles. The summed E-state index contributed by atoms with van der Waals surface area (Å²) in [6, 6.07) is 85.0. The number of nitrogens with zero attached hydrogens (tertiary/aromatic N) is 11. The summed E-state index contributed by atoms with van der Waals surface area (Å²) in [4.78, 5) is 30.4. The molecule has 4 aliphatic heterocycles. The average Bonchev–Trinajstić information content (AvgIpc) is 0.784. The first-order valence-corrected chi connectivity index (χ1v) is 55.1. The molecule has 4 heterocycles. The third-order valence-corrected chi connectivity index (χ3v) is 34.1. The molecule has 0 saturated carbocycles. The van der Waals surface area contributed by atoms with Gasteiger partial charge in [-0.05, 0) is 190 Å². The largest absolute Gasteiger partial charge is 0.414 e. The number of ether oxygens (including phenoxy) is 1. The molecule has 0 amide bonds. The number of anilines is 4. The Labute approximate surface area is 898 Å². The number of hydrogen-bond donors (Lipinski definition) is 2. The van der Waals surface area contributed by atoms with E-state index >= 15 is 0 Å². The standard InChI is InChI=1S/C26H24Cl3N3O.C26H24Cl3N3.C25H22Cl3N3O.C16H15Cl3N2.C16H25NO4SSi.CH4/c1-30-22-10-5-19(6-11-22)26(17-33-2)31-13-14-32(24-12-9-21(28)15-23(24)29)25(16-31)18-3-7-20(27)8-4-18;1-3-24(18-6-11-22(30-2)12-7-18)31-14-15-32(25-13-10-21(28)16-23(25)29)26(17-31)19-4-8-20(27)9-5-19;1-29-21-9-4-18(5-10-21)25(16-32)30-12-13-31(23-11-8-20(27)14-22(23)28)24(15-30)17-2-6-19(26)7-3-17;17-12-3-1-11(2-4-12)16-10-20-7-8-21(16)15-6-5-13(18)9-14(15)19;1-16(2,3)23(6,7)20-12-15(21-22(5,18)19)13-8-10-14(17-4)11-9-13;/h3-12,15,25-26H,13-14,16-17H2,2H3;4-13,16,24,26H,3,14-15,17H2,1H3;2-11,14,24-25,32H,12-13,15-16H2;1-6,9,16,20H,7-8,10H2;8-11,15H,12H2,1-3,5-7H3;1H4/t25-,26+;24-,26+;24-,25+;16-;15-;/m01000./s1. The van der Waals surface area contributed by atoms with Gasteiger partial charge in [0.05, 0.1) is 131 Å². The van der Waals surface area contributed by atoms with Gasteiger partial charge in [-0.25, -0.2) is 19.4 Å². The fourth-order valence-electron chi connectivity index (χ4n) is 17.5. The van der Waals surface area contributed by atoms with Crippen LogP contribution in [0.25, 0.3) is 19.4 Å². The molecule has 32 heteroatoms. The first kappa shape index (κ1) is 113. The monoisotopic (exact) mass is 2180 g/mol. The number of piperazine rings is 4. The summed E-state index contributed by atoms with van der Waals surface area (Å²) in [5, 5.41) is 21.7. The maximum Gasteiger partial charge on any atom is 0.265 e. The van der Waals surface area contributed by atoms with Crippen LogP contribution in [0.5, 0.6) is 0 Å². The van der Waals surface area contributed by atoms with Gasteiger partial charge in [0.1, 0.15) is 6.10 Å². The Bertz CT molecular complexity index is 6260. The molecule has 0 unspecified atom stereocenters. The molecule has 0 spiro atoms. The van der Waals surface area contributed by atoms with Crippen LogP contribution in [0.3, 0.4) is 0 Å². The van der Waals surface area contributed by atoms with Crippen molar-refractivity contribution in [2.45, 2.75) is 108 Å². The molecule has 2 N–H and O–H groups in total. The number of hydrogen-bond acceptors (Lipinski definition) is 14. The highest BCUT2D eigenvalue weighted by molar-refractivity contribution is 7.86. The van der Waals surface area contributed by atoms with E-state index < -0.39 is 24.5 Å². The molecule has 744 valence electrons. The van der Waals surface area contributed by atoms with Crippen molar-refractivity contribution in [2.75, 3.05) is 131 Å². The van der Waals surface area contributed by atoms with Crippen LogP contribution < -0.4 is 24.9 Å². The number of aliphatic hydroxyl groups excluding tert-OH is 1. The number of nitrogens with one attached hydrogen (secondary N) is 1. The second-order valence-electron chi connectivity index (χ2n) is 35.9. The lowest BCUT2D eigenvalue weighted by atomic mass is 9.96. The van der Waals surface area contributed by atoms with Gasteiger partial charge in [-0.1, -0.05) is 320 Å². The Balaban J connectivity index is 0.000000171. The van der Waals surface area contributed by atoms with Crippen LogP contribution >= 0.6 is 139 Å². The average molecular weight is 2190 g/mol. The highest BCUT2D eigenvalue weighted by atomic mass is 35.5. The van der Waals surface area contributed by atoms with Gasteiger partial charge in [0.2, 0.25) is 0 Å². The smallest absolute Gasteiger partial charge is 0.265 e. The van der Waals surface area contributed by atoms with Gasteiger partial charge in [0.25, 0.3) is 10.1 Å². The molecule has 0 radical (unpaired) electrons. The molecule has 16 rings (SSSR count). The number of aliphatic hydroxyl groups is 1. The van der Waals surface area contributed by atoms with Crippen molar-refractivity contribution in [2.24, 2.45) is 0 Å². The topological polar surface area (TPSA) is 134 Å². The first-order valence-electron chi connectivity index (χ1n) is 45.8. The van der Waals surface area contributed by atoms with E-state index in [-0.39, 0.29) is 68.0 Å². The van der Waals surface area contributed by atoms with Gasteiger partial charge in [0, 0.05) is 132 Å². The summed E-state index contributed by atoms with van der Waals surface area (Å²) >= 11 is 75.1. The van der Waals surface area contributed by atoms with E-state index in [0.29, 0.717) is 91.7 Å². The maximum absolute atomic E-state index is 11.5. The van der Waals surface area contributed by atoms with E-state index in [4.69, 9.17) is 179 Å². The molecule has 18 nitrogen and oxygen atoms in total. The van der Waals surface area contributed by atoms with Crippen LogP contribution in [0.2, 0.25) is 78.4 Å². The summed E-state index contributed by atoms with van der Waals surface area (Å²) < 4.78 is 40.0. The van der Waals surface area contributed by atoms with E-state index in [2.05, 4.69) is 148 Å². The molecule has 0 aromatic heterocycles. The van der Waals surface area contributed by atoms with Crippen LogP contribution in [0.4, 0.5) is 45.5 Å². The summed E-state index contributed by atoms with van der Waals surface area (Å²) in [5.41, 5.74) is 15.0. The summed E-state index contributed by atoms with van der Waals surface area (Å²) in [6.45, 7) is 52.0. The lowest BCUT2D eigenvalue weighted by molar-refractivity contribution is 0.0758. The van der Waals surface area contributed by atoms with Crippen molar-refractivity contribution in [3.63, 3.8) is 0 Å². The molecule has 0 aliphatic carbocycles. The molecule has 142 heavy (non-hydrogen) atoms. The fourth-order valence-corrected chi connectivity index (χ4v) is 21.7. The minimum Gasteiger partial charge on any atom is -0.414 e. The van der Waals surface area contributed by atoms with Crippen LogP contribution in [-0.2, 0) is 23.5 Å². The quantitative estimate of drug-likeness (QED) is 0.0338. The molecule has 4 aliphatic rings. The molecular weight excluding hydrogens is 2070 g/mol. The third kappa shape index (κ3) is 30.9. The van der Waals surface area contributed by atoms with E-state index in [9.17, 15) is 13.5 Å². The third-order valence-electron chi connectivity index (χ3n) is 25.9. The van der Waals surface area contributed by atoms with Gasteiger partial charge >= 0.3 is 0 Å². The predicted molar refractivity (Wildman–Crippen MR) is 596 cm³/mol. The van der Waals surface area contributed by atoms with Crippen LogP contribution in [-0.4, -0.2) is 148 Å².